The number of hydrogen-bond acceptors (Lipinski definition) is 6. The van der Waals surface area contributed by atoms with Crippen LogP contribution in [0.2, 0.25) is 0 Å². The number of fused-ring (bicyclic) bond motifs is 2. The highest BCUT2D eigenvalue weighted by atomic mass is 32.2. The van der Waals surface area contributed by atoms with E-state index in [4.69, 9.17) is 4.52 Å². The molecule has 2 aliphatic rings. The Hall–Kier alpha value is -2.65. The van der Waals surface area contributed by atoms with Crippen molar-refractivity contribution >= 4 is 10.0 Å². The highest BCUT2D eigenvalue weighted by molar-refractivity contribution is 7.89. The lowest BCUT2D eigenvalue weighted by atomic mass is 9.92. The van der Waals surface area contributed by atoms with Gasteiger partial charge in [0, 0.05) is 36.0 Å². The molecule has 2 aliphatic heterocycles. The van der Waals surface area contributed by atoms with Gasteiger partial charge in [0.2, 0.25) is 21.7 Å². The molecule has 7 nitrogen and oxygen atoms in total. The van der Waals surface area contributed by atoms with Crippen LogP contribution in [0, 0.1) is 12.7 Å². The second-order valence-electron chi connectivity index (χ2n) is 7.99. The van der Waals surface area contributed by atoms with Crippen LogP contribution >= 0.6 is 0 Å². The summed E-state index contributed by atoms with van der Waals surface area (Å²) >= 11 is 0. The Morgan fingerprint density at radius 3 is 2.47 bits per heavy atom. The average Bonchev–Trinajstić information content (AvgIpc) is 3.34. The van der Waals surface area contributed by atoms with Crippen LogP contribution in [-0.4, -0.2) is 39.9 Å². The number of rotatable bonds is 4. The Bertz CT molecular complexity index is 1170. The maximum atomic E-state index is 14.0. The van der Waals surface area contributed by atoms with E-state index in [-0.39, 0.29) is 22.9 Å². The molecule has 0 radical (unpaired) electrons. The SMILES string of the molecule is Cc1ccc(S(=O)(=O)N2[C@@H]3CC[C@H]2CC(c2nc(-c4ccncc4)no2)C3)cc1F. The third-order valence-electron chi connectivity index (χ3n) is 6.11. The van der Waals surface area contributed by atoms with Gasteiger partial charge in [-0.05, 0) is 62.4 Å². The summed E-state index contributed by atoms with van der Waals surface area (Å²) in [5.74, 6) is 0.543. The Morgan fingerprint density at radius 1 is 1.10 bits per heavy atom. The van der Waals surface area contributed by atoms with Crippen molar-refractivity contribution in [3.63, 3.8) is 0 Å². The van der Waals surface area contributed by atoms with E-state index in [1.165, 1.54) is 12.1 Å². The quantitative estimate of drug-likeness (QED) is 0.630. The summed E-state index contributed by atoms with van der Waals surface area (Å²) in [7, 11) is -3.76. The van der Waals surface area contributed by atoms with Gasteiger partial charge in [-0.15, -0.1) is 0 Å². The summed E-state index contributed by atoms with van der Waals surface area (Å²) < 4.78 is 47.6. The number of pyridine rings is 1. The van der Waals surface area contributed by atoms with E-state index >= 15 is 0 Å². The maximum absolute atomic E-state index is 14.0. The largest absolute Gasteiger partial charge is 0.339 e. The molecule has 1 unspecified atom stereocenters. The Kier molecular flexibility index (Phi) is 4.67. The summed E-state index contributed by atoms with van der Waals surface area (Å²) in [6.07, 6.45) is 6.12. The van der Waals surface area contributed by atoms with Crippen LogP contribution in [-0.2, 0) is 10.0 Å². The number of aryl methyl sites for hydroxylation is 1. The van der Waals surface area contributed by atoms with E-state index in [1.54, 1.807) is 23.6 Å². The number of hydrogen-bond donors (Lipinski definition) is 0. The van der Waals surface area contributed by atoms with Gasteiger partial charge >= 0.3 is 0 Å². The van der Waals surface area contributed by atoms with Crippen molar-refractivity contribution in [2.75, 3.05) is 0 Å². The molecule has 4 heterocycles. The lowest BCUT2D eigenvalue weighted by Crippen LogP contribution is -2.46. The lowest BCUT2D eigenvalue weighted by Gasteiger charge is -2.36. The molecular formula is C21H21FN4O3S. The van der Waals surface area contributed by atoms with E-state index in [1.807, 2.05) is 12.1 Å². The Balaban J connectivity index is 1.39. The molecule has 0 amide bonds. The zero-order valence-electron chi connectivity index (χ0n) is 16.4. The molecule has 30 heavy (non-hydrogen) atoms. The zero-order chi connectivity index (χ0) is 20.9. The van der Waals surface area contributed by atoms with Crippen LogP contribution < -0.4 is 0 Å². The molecule has 2 aromatic heterocycles. The molecule has 3 aromatic rings. The first kappa shape index (κ1) is 19.3. The fourth-order valence-electron chi connectivity index (χ4n) is 4.60. The van der Waals surface area contributed by atoms with E-state index in [9.17, 15) is 12.8 Å². The second kappa shape index (κ2) is 7.24. The first-order valence-electron chi connectivity index (χ1n) is 9.97. The van der Waals surface area contributed by atoms with Crippen LogP contribution in [0.15, 0.2) is 52.1 Å². The second-order valence-corrected chi connectivity index (χ2v) is 9.83. The zero-order valence-corrected chi connectivity index (χ0v) is 17.2. The first-order chi connectivity index (χ1) is 14.4. The molecule has 0 N–H and O–H groups in total. The van der Waals surface area contributed by atoms with Gasteiger partial charge in [-0.3, -0.25) is 4.98 Å². The minimum absolute atomic E-state index is 0.00629. The minimum atomic E-state index is -3.76. The molecule has 2 bridgehead atoms. The summed E-state index contributed by atoms with van der Waals surface area (Å²) in [6, 6.07) is 7.44. The van der Waals surface area contributed by atoms with Crippen LogP contribution in [0.5, 0.6) is 0 Å². The Labute approximate surface area is 174 Å². The molecule has 2 saturated heterocycles. The number of piperidine rings is 1. The molecule has 0 spiro atoms. The van der Waals surface area contributed by atoms with Crippen LogP contribution in [0.1, 0.15) is 43.1 Å². The summed E-state index contributed by atoms with van der Waals surface area (Å²) in [5.41, 5.74) is 1.25. The number of nitrogens with zero attached hydrogens (tertiary/aromatic N) is 4. The van der Waals surface area contributed by atoms with Crippen molar-refractivity contribution < 1.29 is 17.3 Å². The number of sulfonamides is 1. The van der Waals surface area contributed by atoms with Crippen molar-refractivity contribution in [1.29, 1.82) is 0 Å². The third kappa shape index (κ3) is 3.22. The fraction of sp³-hybridized carbons (Fsp3) is 0.381. The fourth-order valence-corrected chi connectivity index (χ4v) is 6.51. The maximum Gasteiger partial charge on any atom is 0.243 e. The third-order valence-corrected chi connectivity index (χ3v) is 8.12. The van der Waals surface area contributed by atoms with Gasteiger partial charge in [0.15, 0.2) is 0 Å². The van der Waals surface area contributed by atoms with Crippen molar-refractivity contribution in [2.45, 2.75) is 55.5 Å². The molecule has 156 valence electrons. The summed E-state index contributed by atoms with van der Waals surface area (Å²) in [4.78, 5) is 8.55. The molecule has 9 heteroatoms. The van der Waals surface area contributed by atoms with E-state index in [2.05, 4.69) is 15.1 Å². The van der Waals surface area contributed by atoms with Crippen LogP contribution in [0.3, 0.4) is 0 Å². The summed E-state index contributed by atoms with van der Waals surface area (Å²) in [5, 5.41) is 4.08. The molecule has 2 fully saturated rings. The standard InChI is InChI=1S/C21H21FN4O3S/c1-13-2-5-18(12-19(13)22)30(27,28)26-16-3-4-17(26)11-15(10-16)21-24-20(25-29-21)14-6-8-23-9-7-14/h2,5-9,12,15-17H,3-4,10-11H2,1H3/t15?,16-,17+. The monoisotopic (exact) mass is 428 g/mol. The topological polar surface area (TPSA) is 89.2 Å². The molecule has 3 atom stereocenters. The molecule has 0 aliphatic carbocycles. The summed E-state index contributed by atoms with van der Waals surface area (Å²) in [6.45, 7) is 1.62. The molecular weight excluding hydrogens is 407 g/mol. The van der Waals surface area contributed by atoms with Gasteiger partial charge in [0.25, 0.3) is 0 Å². The highest BCUT2D eigenvalue weighted by Gasteiger charge is 2.48. The van der Waals surface area contributed by atoms with Crippen molar-refractivity contribution in [2.24, 2.45) is 0 Å². The number of aromatic nitrogens is 3. The van der Waals surface area contributed by atoms with E-state index < -0.39 is 15.8 Å². The van der Waals surface area contributed by atoms with Gasteiger partial charge in [-0.25, -0.2) is 12.8 Å². The first-order valence-corrected chi connectivity index (χ1v) is 11.4. The molecule has 0 saturated carbocycles. The van der Waals surface area contributed by atoms with Crippen molar-refractivity contribution in [1.82, 2.24) is 19.4 Å². The molecule has 5 rings (SSSR count). The predicted octanol–water partition coefficient (Wildman–Crippen LogP) is 3.68. The van der Waals surface area contributed by atoms with Gasteiger partial charge in [-0.1, -0.05) is 11.2 Å². The highest BCUT2D eigenvalue weighted by Crippen LogP contribution is 2.45. The number of halogens is 1. The van der Waals surface area contributed by atoms with Gasteiger partial charge < -0.3 is 4.52 Å². The normalized spacial score (nSPS) is 24.3. The predicted molar refractivity (Wildman–Crippen MR) is 106 cm³/mol. The average molecular weight is 428 g/mol. The Morgan fingerprint density at radius 2 is 1.80 bits per heavy atom. The van der Waals surface area contributed by atoms with E-state index in [0.717, 1.165) is 24.5 Å². The molecule has 1 aromatic carbocycles. The van der Waals surface area contributed by atoms with Crippen LogP contribution in [0.25, 0.3) is 11.4 Å². The van der Waals surface area contributed by atoms with E-state index in [0.29, 0.717) is 30.1 Å². The number of benzene rings is 1. The van der Waals surface area contributed by atoms with Crippen LogP contribution in [0.4, 0.5) is 4.39 Å². The van der Waals surface area contributed by atoms with Gasteiger partial charge in [0.05, 0.1) is 4.90 Å². The van der Waals surface area contributed by atoms with Gasteiger partial charge in [-0.2, -0.15) is 9.29 Å². The van der Waals surface area contributed by atoms with Gasteiger partial charge in [0.1, 0.15) is 5.82 Å². The van der Waals surface area contributed by atoms with Crippen molar-refractivity contribution in [3.8, 4) is 11.4 Å². The minimum Gasteiger partial charge on any atom is -0.339 e. The lowest BCUT2D eigenvalue weighted by molar-refractivity contribution is 0.202. The smallest absolute Gasteiger partial charge is 0.243 e. The van der Waals surface area contributed by atoms with Crippen molar-refractivity contribution in [3.05, 3.63) is 60.0 Å².